The van der Waals surface area contributed by atoms with Crippen LogP contribution >= 0.6 is 30.4 Å². The van der Waals surface area contributed by atoms with E-state index >= 15 is 0 Å². The standard InChI is InChI=1S/C6H20N2O12P4.4Na/c9-21(10,11)3-7(4-22(12,13)14)1-2-8(5-23(15,16)17)6-24(18,19)20;;;;/h1-6H2,(H2,9,10,11)(H2,12,13,14)(H2,15,16,17)(H2,18,19,20);;;;/q;4*+1. The minimum Gasteiger partial charge on any atom is -0.324 e. The van der Waals surface area contributed by atoms with E-state index < -0.39 is 68.6 Å². The molecular weight excluding hydrogens is 508 g/mol. The molecule has 0 aromatic heterocycles. The second kappa shape index (κ2) is 17.9. The van der Waals surface area contributed by atoms with Crippen LogP contribution in [0.5, 0.6) is 0 Å². The molecule has 0 amide bonds. The van der Waals surface area contributed by atoms with Gasteiger partial charge < -0.3 is 39.1 Å². The van der Waals surface area contributed by atoms with Crippen LogP contribution in [0, 0.1) is 0 Å². The molecule has 0 aliphatic rings. The van der Waals surface area contributed by atoms with Crippen LogP contribution in [0.15, 0.2) is 0 Å². The molecule has 0 aliphatic carbocycles. The Morgan fingerprint density at radius 1 is 0.429 bits per heavy atom. The van der Waals surface area contributed by atoms with Crippen molar-refractivity contribution < 1.29 is 176 Å². The van der Waals surface area contributed by atoms with Gasteiger partial charge >= 0.3 is 149 Å². The Morgan fingerprint density at radius 3 is 0.679 bits per heavy atom. The van der Waals surface area contributed by atoms with Crippen molar-refractivity contribution in [2.45, 2.75) is 0 Å². The Bertz CT molecular complexity index is 503. The summed E-state index contributed by atoms with van der Waals surface area (Å²) in [6.45, 7) is -1.01. The molecule has 0 atom stereocenters. The van der Waals surface area contributed by atoms with Crippen molar-refractivity contribution in [1.82, 2.24) is 9.80 Å². The van der Waals surface area contributed by atoms with E-state index in [0.717, 1.165) is 0 Å². The maximum Gasteiger partial charge on any atom is 1.00 e. The largest absolute Gasteiger partial charge is 1.00 e. The smallest absolute Gasteiger partial charge is 0.324 e. The average molecular weight is 528 g/mol. The zero-order valence-electron chi connectivity index (χ0n) is 16.1. The average Bonchev–Trinajstić information content (AvgIpc) is 2.16. The molecule has 22 heteroatoms. The summed E-state index contributed by atoms with van der Waals surface area (Å²) in [6, 6.07) is 0. The molecule has 0 heterocycles. The molecule has 146 valence electrons. The van der Waals surface area contributed by atoms with Crippen molar-refractivity contribution in [3.8, 4) is 0 Å². The summed E-state index contributed by atoms with van der Waals surface area (Å²) in [7, 11) is -18.8. The van der Waals surface area contributed by atoms with Crippen LogP contribution in [-0.2, 0) is 18.3 Å². The SMILES string of the molecule is O=P(O)(O)CN(CCN(CP(=O)(O)O)CP(=O)(O)O)CP(=O)(O)O.[Na+].[Na+].[Na+].[Na+]. The molecule has 28 heavy (non-hydrogen) atoms. The van der Waals surface area contributed by atoms with Crippen LogP contribution in [0.1, 0.15) is 0 Å². The van der Waals surface area contributed by atoms with Crippen LogP contribution < -0.4 is 118 Å². The summed E-state index contributed by atoms with van der Waals surface area (Å²) in [6.07, 6.45) is -4.18. The van der Waals surface area contributed by atoms with Crippen LogP contribution in [0.4, 0.5) is 0 Å². The molecule has 0 spiro atoms. The van der Waals surface area contributed by atoms with Gasteiger partial charge in [-0.2, -0.15) is 0 Å². The normalized spacial score (nSPS) is 12.5. The summed E-state index contributed by atoms with van der Waals surface area (Å²) in [5, 5.41) is 0. The second-order valence-electron chi connectivity index (χ2n) is 5.01. The van der Waals surface area contributed by atoms with Crippen LogP contribution in [-0.4, -0.2) is 87.2 Å². The quantitative estimate of drug-likeness (QED) is 0.0919. The molecule has 0 aromatic rings. The summed E-state index contributed by atoms with van der Waals surface area (Å²) in [5.41, 5.74) is 0. The van der Waals surface area contributed by atoms with Crippen LogP contribution in [0.3, 0.4) is 0 Å². The fourth-order valence-electron chi connectivity index (χ4n) is 1.70. The van der Waals surface area contributed by atoms with Crippen molar-refractivity contribution in [3.63, 3.8) is 0 Å². The first-order valence-electron chi connectivity index (χ1n) is 5.99. The van der Waals surface area contributed by atoms with Gasteiger partial charge in [0.1, 0.15) is 25.1 Å². The molecule has 0 aliphatic heterocycles. The number of rotatable bonds is 11. The van der Waals surface area contributed by atoms with Crippen molar-refractivity contribution in [2.75, 3.05) is 38.2 Å². The summed E-state index contributed by atoms with van der Waals surface area (Å²) >= 11 is 0. The van der Waals surface area contributed by atoms with E-state index in [0.29, 0.717) is 9.80 Å². The Morgan fingerprint density at radius 2 is 0.571 bits per heavy atom. The van der Waals surface area contributed by atoms with Crippen molar-refractivity contribution in [1.29, 1.82) is 0 Å². The fourth-order valence-corrected chi connectivity index (χ4v) is 5.06. The van der Waals surface area contributed by atoms with Gasteiger partial charge in [-0.15, -0.1) is 0 Å². The van der Waals surface area contributed by atoms with Gasteiger partial charge in [0.25, 0.3) is 0 Å². The predicted molar refractivity (Wildman–Crippen MR) is 81.1 cm³/mol. The third-order valence-electron chi connectivity index (χ3n) is 2.27. The Labute approximate surface area is 250 Å². The molecular formula is C6H20N2Na4O12P4+4. The van der Waals surface area contributed by atoms with E-state index in [-0.39, 0.29) is 118 Å². The zero-order valence-corrected chi connectivity index (χ0v) is 27.7. The van der Waals surface area contributed by atoms with Gasteiger partial charge in [-0.05, 0) is 0 Å². The Kier molecular flexibility index (Phi) is 27.2. The van der Waals surface area contributed by atoms with E-state index in [1.54, 1.807) is 0 Å². The Balaban J connectivity index is -0.000000441. The minimum atomic E-state index is -4.69. The molecule has 8 N–H and O–H groups in total. The van der Waals surface area contributed by atoms with Gasteiger partial charge in [0.05, 0.1) is 0 Å². The monoisotopic (exact) mass is 528 g/mol. The van der Waals surface area contributed by atoms with Crippen molar-refractivity contribution >= 4 is 30.4 Å². The molecule has 0 fully saturated rings. The molecule has 0 unspecified atom stereocenters. The minimum absolute atomic E-state index is 0. The first-order valence-corrected chi connectivity index (χ1v) is 13.2. The van der Waals surface area contributed by atoms with Crippen LogP contribution in [0.2, 0.25) is 0 Å². The van der Waals surface area contributed by atoms with E-state index in [1.807, 2.05) is 0 Å². The van der Waals surface area contributed by atoms with Gasteiger partial charge in [-0.3, -0.25) is 28.1 Å². The van der Waals surface area contributed by atoms with Crippen molar-refractivity contribution in [2.24, 2.45) is 0 Å². The third-order valence-corrected chi connectivity index (χ3v) is 5.34. The summed E-state index contributed by atoms with van der Waals surface area (Å²) in [4.78, 5) is 72.3. The van der Waals surface area contributed by atoms with E-state index in [9.17, 15) is 18.3 Å². The van der Waals surface area contributed by atoms with Gasteiger partial charge in [0.15, 0.2) is 0 Å². The molecule has 0 rings (SSSR count). The van der Waals surface area contributed by atoms with Gasteiger partial charge in [0.2, 0.25) is 0 Å². The van der Waals surface area contributed by atoms with Crippen molar-refractivity contribution in [3.05, 3.63) is 0 Å². The van der Waals surface area contributed by atoms with E-state index in [1.165, 1.54) is 0 Å². The number of nitrogens with zero attached hydrogens (tertiary/aromatic N) is 2. The molecule has 0 radical (unpaired) electrons. The Hall–Kier alpha value is 4.52. The maximum atomic E-state index is 11.0. The van der Waals surface area contributed by atoms with Crippen LogP contribution in [0.25, 0.3) is 0 Å². The maximum absolute atomic E-state index is 11.0. The molecule has 0 saturated carbocycles. The first-order chi connectivity index (χ1) is 10.4. The second-order valence-corrected chi connectivity index (χ2v) is 11.5. The van der Waals surface area contributed by atoms with Gasteiger partial charge in [0, 0.05) is 13.1 Å². The fraction of sp³-hybridized carbons (Fsp3) is 1.00. The molecule has 0 saturated heterocycles. The number of hydrogen-bond acceptors (Lipinski definition) is 6. The van der Waals surface area contributed by atoms with E-state index in [2.05, 4.69) is 0 Å². The molecule has 0 bridgehead atoms. The topological polar surface area (TPSA) is 237 Å². The number of hydrogen-bond donors (Lipinski definition) is 8. The predicted octanol–water partition coefficient (Wildman–Crippen LogP) is -13.9. The zero-order chi connectivity index (χ0) is 19.4. The van der Waals surface area contributed by atoms with Gasteiger partial charge in [-0.25, -0.2) is 0 Å². The third kappa shape index (κ3) is 30.5. The molecule has 14 nitrogen and oxygen atoms in total. The molecule has 0 aromatic carbocycles. The van der Waals surface area contributed by atoms with E-state index in [4.69, 9.17) is 39.1 Å². The summed E-state index contributed by atoms with van der Waals surface area (Å²) < 4.78 is 43.9. The first kappa shape index (κ1) is 42.7. The van der Waals surface area contributed by atoms with Gasteiger partial charge in [-0.1, -0.05) is 0 Å². The summed E-state index contributed by atoms with van der Waals surface area (Å²) in [5.74, 6) is 0.